The second-order valence-electron chi connectivity index (χ2n) is 20.5. The maximum Gasteiger partial charge on any atom is 0.407 e. The van der Waals surface area contributed by atoms with Gasteiger partial charge in [0.1, 0.15) is 29.0 Å². The molecule has 2 saturated carbocycles. The van der Waals surface area contributed by atoms with E-state index in [1.54, 1.807) is 55.4 Å². The number of carbonyl (C=O) groups is 5. The van der Waals surface area contributed by atoms with Gasteiger partial charge in [-0.3, -0.25) is 19.2 Å². The Labute approximate surface area is 446 Å². The van der Waals surface area contributed by atoms with E-state index in [-0.39, 0.29) is 75.5 Å². The van der Waals surface area contributed by atoms with Gasteiger partial charge in [0.15, 0.2) is 11.9 Å². The predicted octanol–water partition coefficient (Wildman–Crippen LogP) is 8.35. The van der Waals surface area contributed by atoms with Gasteiger partial charge in [-0.15, -0.1) is 0 Å². The maximum absolute atomic E-state index is 15.4. The first-order chi connectivity index (χ1) is 31.9. The fourth-order valence-corrected chi connectivity index (χ4v) is 9.98. The molecule has 1 amide bonds. The Balaban J connectivity index is 0.0000126. The van der Waals surface area contributed by atoms with Crippen molar-refractivity contribution in [3.63, 3.8) is 0 Å². The van der Waals surface area contributed by atoms with Gasteiger partial charge in [-0.2, -0.15) is 0 Å². The molecule has 2 unspecified atom stereocenters. The number of alkyl carbamates (subject to hydrolysis) is 1. The van der Waals surface area contributed by atoms with Crippen molar-refractivity contribution in [2.75, 3.05) is 6.61 Å². The van der Waals surface area contributed by atoms with Gasteiger partial charge in [0.25, 0.3) is 0 Å². The molecule has 15 heteroatoms. The van der Waals surface area contributed by atoms with Crippen molar-refractivity contribution >= 4 is 29.8 Å². The van der Waals surface area contributed by atoms with Crippen LogP contribution in [0.5, 0.6) is 0 Å². The van der Waals surface area contributed by atoms with E-state index in [1.807, 2.05) is 18.2 Å². The van der Waals surface area contributed by atoms with Gasteiger partial charge in [-0.1, -0.05) is 93.7 Å². The van der Waals surface area contributed by atoms with Gasteiger partial charge < -0.3 is 44.3 Å². The summed E-state index contributed by atoms with van der Waals surface area (Å²) >= 11 is 0. The van der Waals surface area contributed by atoms with E-state index < -0.39 is 106 Å². The Morgan fingerprint density at radius 2 is 1.36 bits per heavy atom. The molecule has 11 atom stereocenters. The molecular weight excluding hydrogens is 1100 g/mol. The minimum atomic E-state index is -2.21. The Hall–Kier alpha value is -3.19. The largest absolute Gasteiger partial charge is 0.459 e. The summed E-state index contributed by atoms with van der Waals surface area (Å²) in [5.41, 5.74) is -7.92. The van der Waals surface area contributed by atoms with Crippen LogP contribution in [0.1, 0.15) is 140 Å². The summed E-state index contributed by atoms with van der Waals surface area (Å²) in [4.78, 5) is 68.9. The summed E-state index contributed by atoms with van der Waals surface area (Å²) in [7, 11) is 0. The summed E-state index contributed by atoms with van der Waals surface area (Å²) < 4.78 is 29.4. The molecule has 4 rings (SSSR count). The molecule has 0 aromatic carbocycles. The summed E-state index contributed by atoms with van der Waals surface area (Å²) in [5.74, 6) is -5.50. The third kappa shape index (κ3) is 14.5. The fraction of sp³-hybridized carbons (Fsp3) is 0.648. The number of ketones is 1. The number of carbonyl (C=O) groups excluding carboxylic acids is 5. The van der Waals surface area contributed by atoms with Crippen molar-refractivity contribution in [2.24, 2.45) is 22.7 Å². The number of rotatable bonds is 20. The molecule has 1 saturated heterocycles. The van der Waals surface area contributed by atoms with E-state index in [9.17, 15) is 34.5 Å². The number of hydrogen-bond donors (Lipinski definition) is 4. The molecule has 3 aliphatic carbocycles. The first kappa shape index (κ1) is 60.1. The first-order valence-corrected chi connectivity index (χ1v) is 24.3. The third-order valence-corrected chi connectivity index (χ3v) is 14.1. The number of amides is 1. The minimum Gasteiger partial charge on any atom is -0.459 e. The topological polar surface area (TPSA) is 204 Å². The monoisotopic (exact) mass is 1180 g/mol. The zero-order chi connectivity index (χ0) is 50.7. The molecule has 0 spiro atoms. The van der Waals surface area contributed by atoms with Crippen LogP contribution in [0.2, 0.25) is 0 Å². The molecule has 0 aromatic heterocycles. The van der Waals surface area contributed by atoms with E-state index in [0.29, 0.717) is 18.4 Å². The van der Waals surface area contributed by atoms with E-state index in [0.717, 1.165) is 39.0 Å². The van der Waals surface area contributed by atoms with Crippen LogP contribution in [-0.4, -0.2) is 105 Å². The summed E-state index contributed by atoms with van der Waals surface area (Å²) in [6.07, 6.45) is 22.1. The van der Waals surface area contributed by atoms with Gasteiger partial charge in [-0.05, 0) is 105 Å². The molecule has 1 heterocycles. The number of esters is 3. The van der Waals surface area contributed by atoms with Crippen LogP contribution < -0.4 is 5.32 Å². The zero-order valence-electron chi connectivity index (χ0n) is 42.8. The summed E-state index contributed by atoms with van der Waals surface area (Å²) in [6, 6.07) is -0.765. The van der Waals surface area contributed by atoms with Crippen LogP contribution in [0.25, 0.3) is 0 Å². The van der Waals surface area contributed by atoms with Crippen molar-refractivity contribution in [1.82, 2.24) is 5.32 Å². The number of Topliss-reactive ketones (excluding diaryl/α,β-unsaturated/α-hetero) is 1. The van der Waals surface area contributed by atoms with Gasteiger partial charge >= 0.3 is 24.0 Å². The quantitative estimate of drug-likeness (QED) is 0.0515. The first-order valence-electron chi connectivity index (χ1n) is 24.3. The van der Waals surface area contributed by atoms with Crippen LogP contribution in [0.4, 0.5) is 4.79 Å². The van der Waals surface area contributed by atoms with Crippen molar-refractivity contribution in [3.05, 3.63) is 84.1 Å². The zero-order valence-corrected chi connectivity index (χ0v) is 47.6. The Morgan fingerprint density at radius 1 is 0.841 bits per heavy atom. The fourth-order valence-electron chi connectivity index (χ4n) is 9.98. The smallest absolute Gasteiger partial charge is 0.407 e. The van der Waals surface area contributed by atoms with Crippen LogP contribution in [0.15, 0.2) is 84.1 Å². The number of allylic oxidation sites excluding steroid dienone is 12. The number of hydrogen-bond acceptors (Lipinski definition) is 13. The molecular formula is C54H79AcNO13. The molecule has 2 bridgehead atoms. The van der Waals surface area contributed by atoms with E-state index in [2.05, 4.69) is 66.9 Å². The minimum absolute atomic E-state index is 0. The van der Waals surface area contributed by atoms with Gasteiger partial charge in [0.2, 0.25) is 0 Å². The normalized spacial score (nSPS) is 30.9. The molecule has 69 heavy (non-hydrogen) atoms. The average molecular weight is 1180 g/mol. The van der Waals surface area contributed by atoms with Crippen molar-refractivity contribution in [3.8, 4) is 0 Å². The molecule has 4 aliphatic rings. The molecule has 0 aromatic rings. The van der Waals surface area contributed by atoms with Gasteiger partial charge in [0, 0.05) is 87.6 Å². The Kier molecular flexibility index (Phi) is 22.6. The maximum atomic E-state index is 15.4. The average Bonchev–Trinajstić information content (AvgIpc) is 3.24. The Morgan fingerprint density at radius 3 is 1.84 bits per heavy atom. The van der Waals surface area contributed by atoms with E-state index in [1.165, 1.54) is 6.92 Å². The number of aliphatic hydroxyl groups excluding tert-OH is 1. The number of nitrogens with one attached hydrogen (secondary N) is 1. The standard InChI is InChI=1S/C54H79NO13.Ac/c1-12-13-14-15-16-17-18-19-20-21-22-23-24-25-26-27-28-29-30-31-42(58)67-44-43-36(3)39(66-48(60)35(2)37(4)55-49(61)68-50(6,7)8)33-54(63,51(43,9)10)47(65-38(5)56)45-52(11,46(44)59)40(57)32-41-53(45,62)34-64-41;/h13-14,16-17,19-20,22-23,25-26,28-29,35,37,39-41,44-45,47,57,62-63H,12,15,18,21,24,27,30-34H2,1-11H3,(H,55,61);/b14-13-,17-16-,20-19-,23-22-,26-25-,29-28-;/t35?,37-,39?,40-,41+,44+,45-,47-,52+,53-,54+;/m0./s1. The van der Waals surface area contributed by atoms with Crippen LogP contribution in [-0.2, 0) is 42.9 Å². The van der Waals surface area contributed by atoms with Crippen LogP contribution >= 0.6 is 0 Å². The second-order valence-corrected chi connectivity index (χ2v) is 20.5. The Bertz CT molecular complexity index is 2030. The number of aliphatic hydroxyl groups is 3. The molecule has 1 aliphatic heterocycles. The SMILES string of the molecule is CC/C=C\C/C=C\C/C=C\C/C=C\C/C=C\C/C=C\CCC(=O)O[C@H]1C(=O)[C@@]2(C)[C@H]([C@H](OC(C)=O)[C@]3(O)CC(OC(=O)C(C)[C@H](C)NC(=O)OC(C)(C)C)C(C)=C1C3(C)C)[C@]1(O)CO[C@@H]1C[C@@H]2O.[Ac]. The summed E-state index contributed by atoms with van der Waals surface area (Å²) in [6.45, 7) is 17.6. The number of ether oxygens (including phenoxy) is 5. The molecule has 1 radical (unpaired) electrons. The predicted molar refractivity (Wildman–Crippen MR) is 259 cm³/mol. The van der Waals surface area contributed by atoms with Crippen LogP contribution in [0, 0.1) is 66.7 Å². The second kappa shape index (κ2) is 26.0. The summed E-state index contributed by atoms with van der Waals surface area (Å²) in [5, 5.41) is 40.3. The third-order valence-electron chi connectivity index (χ3n) is 14.1. The molecule has 381 valence electrons. The van der Waals surface area contributed by atoms with Gasteiger partial charge in [0.05, 0.1) is 30.1 Å². The molecule has 14 nitrogen and oxygen atoms in total. The molecule has 3 fully saturated rings. The molecule has 4 N–H and O–H groups in total. The van der Waals surface area contributed by atoms with Crippen molar-refractivity contribution in [1.29, 1.82) is 0 Å². The van der Waals surface area contributed by atoms with Crippen molar-refractivity contribution in [2.45, 2.75) is 194 Å². The van der Waals surface area contributed by atoms with Gasteiger partial charge in [-0.25, -0.2) is 4.79 Å². The number of fused-ring (bicyclic) bond motifs is 5. The van der Waals surface area contributed by atoms with E-state index in [4.69, 9.17) is 23.7 Å². The van der Waals surface area contributed by atoms with Crippen molar-refractivity contribution < 1.29 is 107 Å². The van der Waals surface area contributed by atoms with Crippen LogP contribution in [0.3, 0.4) is 0 Å². The van der Waals surface area contributed by atoms with E-state index >= 15 is 4.79 Å².